The van der Waals surface area contributed by atoms with Gasteiger partial charge in [-0.25, -0.2) is 13.4 Å². The predicted molar refractivity (Wildman–Crippen MR) is 47.0 cm³/mol. The van der Waals surface area contributed by atoms with E-state index >= 15 is 0 Å². The molecule has 0 spiro atoms. The maximum absolute atomic E-state index is 11.5. The van der Waals surface area contributed by atoms with Gasteiger partial charge in [0.15, 0.2) is 0 Å². The maximum Gasteiger partial charge on any atom is 0.228 e. The van der Waals surface area contributed by atoms with Crippen molar-refractivity contribution in [1.82, 2.24) is 15.2 Å². The Morgan fingerprint density at radius 2 is 2.17 bits per heavy atom. The summed E-state index contributed by atoms with van der Waals surface area (Å²) in [4.78, 5) is 2.43. The molecule has 0 saturated carbocycles. The van der Waals surface area contributed by atoms with E-state index < -0.39 is 10.0 Å². The molecule has 0 bridgehead atoms. The summed E-state index contributed by atoms with van der Waals surface area (Å²) in [6, 6.07) is 0. The lowest BCUT2D eigenvalue weighted by atomic mass is 10.4. The molecule has 0 amide bonds. The van der Waals surface area contributed by atoms with Gasteiger partial charge in [-0.05, 0) is 13.0 Å². The Hall–Kier alpha value is -0.170. The van der Waals surface area contributed by atoms with Gasteiger partial charge in [-0.1, -0.05) is 0 Å². The highest BCUT2D eigenvalue weighted by atomic mass is 32.2. The molecule has 1 rings (SSSR count). The fourth-order valence-electron chi connectivity index (χ4n) is 1.22. The highest BCUT2D eigenvalue weighted by molar-refractivity contribution is 7.90. The van der Waals surface area contributed by atoms with Crippen molar-refractivity contribution >= 4 is 10.0 Å². The van der Waals surface area contributed by atoms with Crippen LogP contribution in [-0.4, -0.2) is 45.9 Å². The largest absolute Gasteiger partial charge is 0.315 e. The van der Waals surface area contributed by atoms with Crippen LogP contribution in [0.1, 0.15) is 6.42 Å². The Morgan fingerprint density at radius 3 is 2.58 bits per heavy atom. The molecule has 1 heterocycles. The molecule has 0 aromatic heterocycles. The third-order valence-electron chi connectivity index (χ3n) is 1.76. The molecule has 1 saturated heterocycles. The molecule has 1 aliphatic heterocycles. The van der Waals surface area contributed by atoms with Crippen LogP contribution in [-0.2, 0) is 10.0 Å². The Balaban J connectivity index is 2.58. The zero-order valence-corrected chi connectivity index (χ0v) is 8.19. The smallest absolute Gasteiger partial charge is 0.228 e. The van der Waals surface area contributed by atoms with E-state index in [9.17, 15) is 8.42 Å². The SMILES string of the molecule is CN(C)NS(=O)(=O)C1CCNC1. The zero-order valence-electron chi connectivity index (χ0n) is 7.37. The second kappa shape index (κ2) is 3.69. The van der Waals surface area contributed by atoms with Gasteiger partial charge >= 0.3 is 0 Å². The summed E-state index contributed by atoms with van der Waals surface area (Å²) >= 11 is 0. The molecule has 12 heavy (non-hydrogen) atoms. The fourth-order valence-corrected chi connectivity index (χ4v) is 2.65. The molecular weight excluding hydrogens is 178 g/mol. The summed E-state index contributed by atoms with van der Waals surface area (Å²) < 4.78 is 22.9. The molecule has 5 nitrogen and oxygen atoms in total. The molecule has 0 radical (unpaired) electrons. The Kier molecular flexibility index (Phi) is 3.05. The van der Waals surface area contributed by atoms with E-state index in [1.54, 1.807) is 14.1 Å². The molecule has 1 unspecified atom stereocenters. The van der Waals surface area contributed by atoms with Gasteiger partial charge in [0, 0.05) is 20.6 Å². The van der Waals surface area contributed by atoms with Crippen LogP contribution in [0.4, 0.5) is 0 Å². The Morgan fingerprint density at radius 1 is 1.50 bits per heavy atom. The molecule has 1 fully saturated rings. The van der Waals surface area contributed by atoms with Crippen LogP contribution < -0.4 is 10.1 Å². The van der Waals surface area contributed by atoms with Gasteiger partial charge in [0.25, 0.3) is 0 Å². The quantitative estimate of drug-likeness (QED) is 0.550. The number of hydrazine groups is 1. The minimum Gasteiger partial charge on any atom is -0.315 e. The van der Waals surface area contributed by atoms with E-state index in [0.29, 0.717) is 13.0 Å². The van der Waals surface area contributed by atoms with E-state index in [0.717, 1.165) is 6.54 Å². The first kappa shape index (κ1) is 9.91. The van der Waals surface area contributed by atoms with E-state index in [1.807, 2.05) is 0 Å². The van der Waals surface area contributed by atoms with Crippen molar-refractivity contribution in [2.45, 2.75) is 11.7 Å². The van der Waals surface area contributed by atoms with Crippen molar-refractivity contribution in [1.29, 1.82) is 0 Å². The van der Waals surface area contributed by atoms with Crippen LogP contribution in [0.15, 0.2) is 0 Å². The number of rotatable bonds is 3. The van der Waals surface area contributed by atoms with E-state index in [2.05, 4.69) is 10.1 Å². The summed E-state index contributed by atoms with van der Waals surface area (Å²) in [6.07, 6.45) is 0.698. The Labute approximate surface area is 73.1 Å². The minimum atomic E-state index is -3.15. The van der Waals surface area contributed by atoms with E-state index in [-0.39, 0.29) is 5.25 Å². The molecule has 1 atom stereocenters. The summed E-state index contributed by atoms with van der Waals surface area (Å²) in [7, 11) is 0.187. The molecule has 0 aliphatic carbocycles. The van der Waals surface area contributed by atoms with E-state index in [1.165, 1.54) is 5.01 Å². The van der Waals surface area contributed by atoms with E-state index in [4.69, 9.17) is 0 Å². The Bertz CT molecular complexity index is 231. The first-order chi connectivity index (χ1) is 5.52. The van der Waals surface area contributed by atoms with Gasteiger partial charge in [-0.15, -0.1) is 4.83 Å². The number of nitrogens with zero attached hydrogens (tertiary/aromatic N) is 1. The third kappa shape index (κ3) is 2.41. The molecule has 2 N–H and O–H groups in total. The first-order valence-electron chi connectivity index (χ1n) is 3.91. The number of sulfonamides is 1. The van der Waals surface area contributed by atoms with Gasteiger partial charge in [-0.2, -0.15) is 0 Å². The van der Waals surface area contributed by atoms with Crippen molar-refractivity contribution in [2.75, 3.05) is 27.2 Å². The second-order valence-corrected chi connectivity index (χ2v) is 5.08. The lowest BCUT2D eigenvalue weighted by Crippen LogP contribution is -2.42. The number of hydrogen-bond acceptors (Lipinski definition) is 4. The topological polar surface area (TPSA) is 61.4 Å². The van der Waals surface area contributed by atoms with Crippen molar-refractivity contribution in [3.05, 3.63) is 0 Å². The van der Waals surface area contributed by atoms with Crippen LogP contribution in [0, 0.1) is 0 Å². The first-order valence-corrected chi connectivity index (χ1v) is 5.46. The zero-order chi connectivity index (χ0) is 9.19. The highest BCUT2D eigenvalue weighted by Gasteiger charge is 2.28. The van der Waals surface area contributed by atoms with Crippen LogP contribution in [0.5, 0.6) is 0 Å². The van der Waals surface area contributed by atoms with Gasteiger partial charge < -0.3 is 5.32 Å². The van der Waals surface area contributed by atoms with Gasteiger partial charge in [0.2, 0.25) is 10.0 Å². The van der Waals surface area contributed by atoms with Gasteiger partial charge in [0.1, 0.15) is 0 Å². The number of hydrogen-bond donors (Lipinski definition) is 2. The summed E-state index contributed by atoms with van der Waals surface area (Å²) in [5.41, 5.74) is 0. The summed E-state index contributed by atoms with van der Waals surface area (Å²) in [6.45, 7) is 1.35. The van der Waals surface area contributed by atoms with Crippen molar-refractivity contribution < 1.29 is 8.42 Å². The molecule has 1 aliphatic rings. The predicted octanol–water partition coefficient (Wildman–Crippen LogP) is -1.26. The van der Waals surface area contributed by atoms with Crippen LogP contribution >= 0.6 is 0 Å². The number of nitrogens with one attached hydrogen (secondary N) is 2. The highest BCUT2D eigenvalue weighted by Crippen LogP contribution is 2.07. The minimum absolute atomic E-state index is 0.278. The van der Waals surface area contributed by atoms with Crippen molar-refractivity contribution in [2.24, 2.45) is 0 Å². The van der Waals surface area contributed by atoms with Crippen LogP contribution in [0.3, 0.4) is 0 Å². The average Bonchev–Trinajstić information content (AvgIpc) is 2.32. The molecule has 6 heteroatoms. The lowest BCUT2D eigenvalue weighted by Gasteiger charge is -2.16. The van der Waals surface area contributed by atoms with Gasteiger partial charge in [-0.3, -0.25) is 0 Å². The lowest BCUT2D eigenvalue weighted by molar-refractivity contribution is 0.361. The second-order valence-electron chi connectivity index (χ2n) is 3.15. The maximum atomic E-state index is 11.5. The molecule has 72 valence electrons. The standard InChI is InChI=1S/C6H15N3O2S/c1-9(2)8-12(10,11)6-3-4-7-5-6/h6-8H,3-5H2,1-2H3. The fraction of sp³-hybridized carbons (Fsp3) is 1.00. The third-order valence-corrected chi connectivity index (χ3v) is 3.66. The molecule has 0 aromatic rings. The summed E-state index contributed by atoms with van der Waals surface area (Å²) in [5, 5.41) is 4.19. The average molecular weight is 193 g/mol. The van der Waals surface area contributed by atoms with Crippen LogP contribution in [0.2, 0.25) is 0 Å². The molecular formula is C6H15N3O2S. The molecule has 0 aromatic carbocycles. The van der Waals surface area contributed by atoms with Gasteiger partial charge in [0.05, 0.1) is 5.25 Å². The van der Waals surface area contributed by atoms with Crippen LogP contribution in [0.25, 0.3) is 0 Å². The normalized spacial score (nSPS) is 25.1. The van der Waals surface area contributed by atoms with Crippen molar-refractivity contribution in [3.8, 4) is 0 Å². The summed E-state index contributed by atoms with van der Waals surface area (Å²) in [5.74, 6) is 0. The van der Waals surface area contributed by atoms with Crippen molar-refractivity contribution in [3.63, 3.8) is 0 Å². The monoisotopic (exact) mass is 193 g/mol.